The Balaban J connectivity index is 1.42. The van der Waals surface area contributed by atoms with Crippen molar-refractivity contribution in [2.24, 2.45) is 0 Å². The summed E-state index contributed by atoms with van der Waals surface area (Å²) in [5.74, 6) is 0.132. The van der Waals surface area contributed by atoms with Crippen LogP contribution in [0.3, 0.4) is 0 Å². The Labute approximate surface area is 146 Å². The van der Waals surface area contributed by atoms with Gasteiger partial charge in [-0.05, 0) is 6.42 Å². The summed E-state index contributed by atoms with van der Waals surface area (Å²) in [6.45, 7) is 5.99. The summed E-state index contributed by atoms with van der Waals surface area (Å²) in [6.07, 6.45) is 2.81. The van der Waals surface area contributed by atoms with E-state index in [-0.39, 0.29) is 5.91 Å². The Morgan fingerprint density at radius 2 is 1.96 bits per heavy atom. The summed E-state index contributed by atoms with van der Waals surface area (Å²) in [4.78, 5) is 22.5. The molecular weight excluding hydrogens is 320 g/mol. The highest BCUT2D eigenvalue weighted by Gasteiger charge is 2.32. The summed E-state index contributed by atoms with van der Waals surface area (Å²) in [5.41, 5.74) is 1.07. The smallest absolute Gasteiger partial charge is 0.265 e. The van der Waals surface area contributed by atoms with Crippen LogP contribution >= 0.6 is 11.3 Å². The molecule has 0 saturated carbocycles. The second kappa shape index (κ2) is 7.01. The van der Waals surface area contributed by atoms with Gasteiger partial charge in [0.25, 0.3) is 5.91 Å². The second-order valence-corrected chi connectivity index (χ2v) is 7.41. The minimum absolute atomic E-state index is 0.132. The Kier molecular flexibility index (Phi) is 4.60. The number of nitrogens with one attached hydrogen (secondary N) is 1. The summed E-state index contributed by atoms with van der Waals surface area (Å²) in [7, 11) is 0. The van der Waals surface area contributed by atoms with Gasteiger partial charge in [-0.25, -0.2) is 4.98 Å². The fraction of sp³-hybridized carbons (Fsp3) is 0.444. The molecule has 2 aliphatic rings. The van der Waals surface area contributed by atoms with Gasteiger partial charge in [-0.3, -0.25) is 9.69 Å². The van der Waals surface area contributed by atoms with Crippen molar-refractivity contribution in [3.05, 3.63) is 41.4 Å². The van der Waals surface area contributed by atoms with E-state index in [4.69, 9.17) is 0 Å². The lowest BCUT2D eigenvalue weighted by atomic mass is 10.2. The molecule has 0 spiro atoms. The van der Waals surface area contributed by atoms with Crippen molar-refractivity contribution < 1.29 is 4.79 Å². The largest absolute Gasteiger partial charge is 0.336 e. The number of thiazole rings is 1. The first-order valence-corrected chi connectivity index (χ1v) is 9.38. The van der Waals surface area contributed by atoms with Crippen LogP contribution in [0.1, 0.15) is 16.1 Å². The fourth-order valence-corrected chi connectivity index (χ4v) is 4.40. The van der Waals surface area contributed by atoms with Crippen LogP contribution in [0.4, 0.5) is 0 Å². The molecule has 2 aliphatic heterocycles. The average molecular weight is 342 g/mol. The van der Waals surface area contributed by atoms with Gasteiger partial charge in [-0.2, -0.15) is 0 Å². The van der Waals surface area contributed by atoms with E-state index in [1.54, 1.807) is 6.20 Å². The van der Waals surface area contributed by atoms with Gasteiger partial charge in [-0.15, -0.1) is 11.3 Å². The van der Waals surface area contributed by atoms with E-state index in [2.05, 4.69) is 15.2 Å². The highest BCUT2D eigenvalue weighted by molar-refractivity contribution is 7.16. The van der Waals surface area contributed by atoms with E-state index in [1.807, 2.05) is 35.2 Å². The zero-order valence-corrected chi connectivity index (χ0v) is 14.5. The third-order valence-electron chi connectivity index (χ3n) is 4.86. The molecule has 2 saturated heterocycles. The number of carbonyl (C=O) groups is 1. The van der Waals surface area contributed by atoms with Gasteiger partial charge in [0.2, 0.25) is 0 Å². The minimum Gasteiger partial charge on any atom is -0.336 e. The van der Waals surface area contributed by atoms with Crippen molar-refractivity contribution >= 4 is 17.2 Å². The van der Waals surface area contributed by atoms with E-state index >= 15 is 0 Å². The van der Waals surface area contributed by atoms with Gasteiger partial charge in [-0.1, -0.05) is 30.3 Å². The summed E-state index contributed by atoms with van der Waals surface area (Å²) >= 11 is 1.49. The minimum atomic E-state index is 0.132. The topological polar surface area (TPSA) is 48.5 Å². The zero-order chi connectivity index (χ0) is 16.4. The molecule has 3 heterocycles. The zero-order valence-electron chi connectivity index (χ0n) is 13.6. The Bertz CT molecular complexity index is 696. The van der Waals surface area contributed by atoms with Crippen molar-refractivity contribution in [1.29, 1.82) is 0 Å². The molecule has 2 fully saturated rings. The van der Waals surface area contributed by atoms with E-state index in [0.717, 1.165) is 61.1 Å². The summed E-state index contributed by atoms with van der Waals surface area (Å²) in [5, 5.41) is 4.30. The van der Waals surface area contributed by atoms with Crippen LogP contribution in [0.25, 0.3) is 10.6 Å². The van der Waals surface area contributed by atoms with Crippen LogP contribution in [0.15, 0.2) is 36.5 Å². The number of carbonyl (C=O) groups excluding carboxylic acids is 1. The number of hydrogen-bond acceptors (Lipinski definition) is 5. The predicted molar refractivity (Wildman–Crippen MR) is 96.3 cm³/mol. The molecule has 1 amide bonds. The van der Waals surface area contributed by atoms with Gasteiger partial charge in [0.05, 0.1) is 6.20 Å². The number of benzene rings is 1. The highest BCUT2D eigenvalue weighted by Crippen LogP contribution is 2.27. The van der Waals surface area contributed by atoms with Gasteiger partial charge >= 0.3 is 0 Å². The van der Waals surface area contributed by atoms with E-state index < -0.39 is 0 Å². The molecular formula is C18H22N4OS. The summed E-state index contributed by atoms with van der Waals surface area (Å²) < 4.78 is 0. The Morgan fingerprint density at radius 1 is 1.17 bits per heavy atom. The lowest BCUT2D eigenvalue weighted by Crippen LogP contribution is -2.49. The van der Waals surface area contributed by atoms with Crippen LogP contribution < -0.4 is 5.32 Å². The first kappa shape index (κ1) is 15.7. The van der Waals surface area contributed by atoms with E-state index in [1.165, 1.54) is 11.3 Å². The summed E-state index contributed by atoms with van der Waals surface area (Å²) in [6, 6.07) is 10.6. The Hall–Kier alpha value is -1.76. The molecule has 5 nitrogen and oxygen atoms in total. The van der Waals surface area contributed by atoms with Crippen molar-refractivity contribution in [2.45, 2.75) is 12.5 Å². The second-order valence-electron chi connectivity index (χ2n) is 6.38. The molecule has 4 rings (SSSR count). The van der Waals surface area contributed by atoms with Gasteiger partial charge < -0.3 is 10.2 Å². The molecule has 24 heavy (non-hydrogen) atoms. The number of nitrogens with zero attached hydrogens (tertiary/aromatic N) is 3. The SMILES string of the molecule is O=C(c1cnc(-c2ccccc2)s1)N1CCC(N2CCNCC2)C1. The van der Waals surface area contributed by atoms with Crippen LogP contribution in [0.2, 0.25) is 0 Å². The number of likely N-dealkylation sites (tertiary alicyclic amines) is 1. The number of hydrogen-bond donors (Lipinski definition) is 1. The lowest BCUT2D eigenvalue weighted by molar-refractivity contribution is 0.0778. The van der Waals surface area contributed by atoms with Gasteiger partial charge in [0.15, 0.2) is 0 Å². The van der Waals surface area contributed by atoms with Crippen LogP contribution in [-0.4, -0.2) is 66.0 Å². The number of piperazine rings is 1. The molecule has 6 heteroatoms. The van der Waals surface area contributed by atoms with E-state index in [9.17, 15) is 4.79 Å². The monoisotopic (exact) mass is 342 g/mol. The third kappa shape index (κ3) is 3.22. The normalized spacial score (nSPS) is 22.0. The maximum atomic E-state index is 12.8. The van der Waals surface area contributed by atoms with Crippen LogP contribution in [0.5, 0.6) is 0 Å². The average Bonchev–Trinajstić information content (AvgIpc) is 3.33. The maximum absolute atomic E-state index is 12.8. The molecule has 1 aromatic heterocycles. The first-order valence-electron chi connectivity index (χ1n) is 8.56. The number of aromatic nitrogens is 1. The molecule has 0 aliphatic carbocycles. The molecule has 1 aromatic carbocycles. The van der Waals surface area contributed by atoms with Gasteiger partial charge in [0, 0.05) is 50.9 Å². The molecule has 1 unspecified atom stereocenters. The number of rotatable bonds is 3. The maximum Gasteiger partial charge on any atom is 0.265 e. The molecule has 2 aromatic rings. The highest BCUT2D eigenvalue weighted by atomic mass is 32.1. The van der Waals surface area contributed by atoms with Crippen molar-refractivity contribution in [3.63, 3.8) is 0 Å². The van der Waals surface area contributed by atoms with Crippen molar-refractivity contribution in [1.82, 2.24) is 20.1 Å². The first-order chi connectivity index (χ1) is 11.8. The third-order valence-corrected chi connectivity index (χ3v) is 5.89. The standard InChI is InChI=1S/C18H22N4OS/c23-18(16-12-20-17(24-16)14-4-2-1-3-5-14)22-9-6-15(13-22)21-10-7-19-8-11-21/h1-5,12,15,19H,6-11,13H2. The van der Waals surface area contributed by atoms with E-state index in [0.29, 0.717) is 6.04 Å². The number of amides is 1. The van der Waals surface area contributed by atoms with Crippen molar-refractivity contribution in [3.8, 4) is 10.6 Å². The molecule has 0 bridgehead atoms. The quantitative estimate of drug-likeness (QED) is 0.926. The molecule has 1 atom stereocenters. The predicted octanol–water partition coefficient (Wildman–Crippen LogP) is 1.93. The van der Waals surface area contributed by atoms with Gasteiger partial charge in [0.1, 0.15) is 9.88 Å². The fourth-order valence-electron chi connectivity index (χ4n) is 3.51. The molecule has 126 valence electrons. The lowest BCUT2D eigenvalue weighted by Gasteiger charge is -2.32. The molecule has 1 N–H and O–H groups in total. The Morgan fingerprint density at radius 3 is 2.75 bits per heavy atom. The van der Waals surface area contributed by atoms with Crippen LogP contribution in [-0.2, 0) is 0 Å². The van der Waals surface area contributed by atoms with Crippen LogP contribution in [0, 0.1) is 0 Å². The van der Waals surface area contributed by atoms with Crippen molar-refractivity contribution in [2.75, 3.05) is 39.3 Å². The molecule has 0 radical (unpaired) electrons.